The van der Waals surface area contributed by atoms with Gasteiger partial charge in [0.1, 0.15) is 5.75 Å². The van der Waals surface area contributed by atoms with Gasteiger partial charge >= 0.3 is 0 Å². The van der Waals surface area contributed by atoms with Crippen LogP contribution >= 0.6 is 0 Å². The summed E-state index contributed by atoms with van der Waals surface area (Å²) in [5, 5.41) is 6.13. The van der Waals surface area contributed by atoms with Crippen LogP contribution in [-0.4, -0.2) is 18.6 Å². The molecule has 0 spiro atoms. The highest BCUT2D eigenvalue weighted by molar-refractivity contribution is 5.92. The van der Waals surface area contributed by atoms with E-state index in [0.717, 1.165) is 23.4 Å². The summed E-state index contributed by atoms with van der Waals surface area (Å²) in [5.74, 6) is 0.700. The lowest BCUT2D eigenvalue weighted by atomic mass is 10.1. The third kappa shape index (κ3) is 5.70. The zero-order valence-corrected chi connectivity index (χ0v) is 14.6. The third-order valence-electron chi connectivity index (χ3n) is 3.90. The minimum atomic E-state index is -0.0709. The highest BCUT2D eigenvalue weighted by Gasteiger charge is 2.08. The Hall–Kier alpha value is -2.33. The number of amides is 1. The molecule has 0 aliphatic carbocycles. The second kappa shape index (κ2) is 9.08. The van der Waals surface area contributed by atoms with E-state index in [1.54, 1.807) is 0 Å². The molecular formula is C20H26N2O2. The largest absolute Gasteiger partial charge is 0.491 e. The van der Waals surface area contributed by atoms with Crippen LogP contribution in [0.1, 0.15) is 38.8 Å². The van der Waals surface area contributed by atoms with Crippen molar-refractivity contribution in [3.8, 4) is 5.75 Å². The van der Waals surface area contributed by atoms with Gasteiger partial charge in [-0.1, -0.05) is 43.3 Å². The van der Waals surface area contributed by atoms with Crippen molar-refractivity contribution >= 4 is 11.6 Å². The predicted molar refractivity (Wildman–Crippen MR) is 98.3 cm³/mol. The van der Waals surface area contributed by atoms with Gasteiger partial charge in [0.2, 0.25) is 5.91 Å². The number of anilines is 1. The quantitative estimate of drug-likeness (QED) is 0.766. The van der Waals surface area contributed by atoms with Gasteiger partial charge in [-0.25, -0.2) is 0 Å². The number of hydrogen-bond donors (Lipinski definition) is 2. The molecule has 2 atom stereocenters. The fourth-order valence-corrected chi connectivity index (χ4v) is 2.27. The highest BCUT2D eigenvalue weighted by Crippen LogP contribution is 2.19. The molecule has 2 rings (SSSR count). The van der Waals surface area contributed by atoms with E-state index in [1.165, 1.54) is 0 Å². The summed E-state index contributed by atoms with van der Waals surface area (Å²) in [7, 11) is 0. The van der Waals surface area contributed by atoms with E-state index in [2.05, 4.69) is 17.6 Å². The van der Waals surface area contributed by atoms with Gasteiger partial charge in [0.25, 0.3) is 0 Å². The Labute approximate surface area is 144 Å². The molecular weight excluding hydrogens is 300 g/mol. The molecule has 0 fully saturated rings. The van der Waals surface area contributed by atoms with E-state index in [0.29, 0.717) is 0 Å². The summed E-state index contributed by atoms with van der Waals surface area (Å²) in [6.07, 6.45) is 1.10. The van der Waals surface area contributed by atoms with Crippen LogP contribution in [0.2, 0.25) is 0 Å². The molecule has 0 aliphatic heterocycles. The molecule has 24 heavy (non-hydrogen) atoms. The highest BCUT2D eigenvalue weighted by atomic mass is 16.5. The Bertz CT molecular complexity index is 643. The van der Waals surface area contributed by atoms with Crippen LogP contribution < -0.4 is 15.4 Å². The Morgan fingerprint density at radius 1 is 1.08 bits per heavy atom. The van der Waals surface area contributed by atoms with Crippen molar-refractivity contribution in [1.29, 1.82) is 0 Å². The molecule has 128 valence electrons. The smallest absolute Gasteiger partial charge is 0.238 e. The number of rotatable bonds is 8. The van der Waals surface area contributed by atoms with E-state index >= 15 is 0 Å². The Balaban J connectivity index is 1.85. The number of benzene rings is 2. The normalized spacial score (nSPS) is 13.1. The summed E-state index contributed by atoms with van der Waals surface area (Å²) in [6, 6.07) is 17.7. The summed E-state index contributed by atoms with van der Waals surface area (Å²) in [5.41, 5.74) is 1.91. The van der Waals surface area contributed by atoms with Crippen LogP contribution in [0, 0.1) is 0 Å². The lowest BCUT2D eigenvalue weighted by molar-refractivity contribution is -0.115. The fourth-order valence-electron chi connectivity index (χ4n) is 2.27. The van der Waals surface area contributed by atoms with Gasteiger partial charge in [-0.15, -0.1) is 0 Å². The van der Waals surface area contributed by atoms with Crippen LogP contribution in [0.5, 0.6) is 5.75 Å². The van der Waals surface area contributed by atoms with Crippen molar-refractivity contribution in [2.75, 3.05) is 11.9 Å². The van der Waals surface area contributed by atoms with Crippen LogP contribution in [0.4, 0.5) is 5.69 Å². The SMILES string of the molecule is CCC(C)Oc1cccc(NC(=O)CNC(C)c2ccccc2)c1. The molecule has 0 bridgehead atoms. The maximum absolute atomic E-state index is 12.1. The lowest BCUT2D eigenvalue weighted by Gasteiger charge is -2.15. The Morgan fingerprint density at radius 3 is 2.54 bits per heavy atom. The monoisotopic (exact) mass is 326 g/mol. The van der Waals surface area contributed by atoms with Crippen molar-refractivity contribution in [3.05, 3.63) is 60.2 Å². The zero-order valence-electron chi connectivity index (χ0n) is 14.6. The van der Waals surface area contributed by atoms with Gasteiger partial charge in [-0.05, 0) is 38.0 Å². The summed E-state index contributed by atoms with van der Waals surface area (Å²) >= 11 is 0. The molecule has 2 aromatic carbocycles. The van der Waals surface area contributed by atoms with Crippen LogP contribution in [-0.2, 0) is 4.79 Å². The summed E-state index contributed by atoms with van der Waals surface area (Å²) < 4.78 is 5.77. The summed E-state index contributed by atoms with van der Waals surface area (Å²) in [6.45, 7) is 6.41. The number of hydrogen-bond acceptors (Lipinski definition) is 3. The van der Waals surface area contributed by atoms with Crippen molar-refractivity contribution in [2.24, 2.45) is 0 Å². The molecule has 0 heterocycles. The average molecular weight is 326 g/mol. The molecule has 2 N–H and O–H groups in total. The Morgan fingerprint density at radius 2 is 1.83 bits per heavy atom. The molecule has 1 amide bonds. The maximum atomic E-state index is 12.1. The molecule has 0 saturated heterocycles. The number of ether oxygens (including phenoxy) is 1. The lowest BCUT2D eigenvalue weighted by Crippen LogP contribution is -2.30. The van der Waals surface area contributed by atoms with Crippen LogP contribution in [0.25, 0.3) is 0 Å². The zero-order chi connectivity index (χ0) is 17.4. The first-order valence-electron chi connectivity index (χ1n) is 8.43. The van der Waals surface area contributed by atoms with Crippen LogP contribution in [0.15, 0.2) is 54.6 Å². The minimum Gasteiger partial charge on any atom is -0.491 e. The van der Waals surface area contributed by atoms with Gasteiger partial charge < -0.3 is 15.4 Å². The van der Waals surface area contributed by atoms with E-state index in [4.69, 9.17) is 4.74 Å². The first-order chi connectivity index (χ1) is 11.6. The van der Waals surface area contributed by atoms with Crippen molar-refractivity contribution in [1.82, 2.24) is 5.32 Å². The van der Waals surface area contributed by atoms with Crippen LogP contribution in [0.3, 0.4) is 0 Å². The Kier molecular flexibility index (Phi) is 6.82. The number of nitrogens with one attached hydrogen (secondary N) is 2. The molecule has 4 nitrogen and oxygen atoms in total. The van der Waals surface area contributed by atoms with Crippen molar-refractivity contribution in [2.45, 2.75) is 39.3 Å². The van der Waals surface area contributed by atoms with Gasteiger partial charge in [-0.2, -0.15) is 0 Å². The summed E-state index contributed by atoms with van der Waals surface area (Å²) in [4.78, 5) is 12.1. The second-order valence-corrected chi connectivity index (χ2v) is 5.93. The maximum Gasteiger partial charge on any atom is 0.238 e. The molecule has 2 unspecified atom stereocenters. The van der Waals surface area contributed by atoms with E-state index in [-0.39, 0.29) is 24.6 Å². The third-order valence-corrected chi connectivity index (χ3v) is 3.90. The second-order valence-electron chi connectivity index (χ2n) is 5.93. The van der Waals surface area contributed by atoms with Gasteiger partial charge in [0, 0.05) is 17.8 Å². The van der Waals surface area contributed by atoms with E-state index in [9.17, 15) is 4.79 Å². The molecule has 0 saturated carbocycles. The van der Waals surface area contributed by atoms with Gasteiger partial charge in [0.05, 0.1) is 12.6 Å². The first-order valence-corrected chi connectivity index (χ1v) is 8.43. The van der Waals surface area contributed by atoms with Crippen molar-refractivity contribution in [3.63, 3.8) is 0 Å². The average Bonchev–Trinajstić information content (AvgIpc) is 2.60. The molecule has 4 heteroatoms. The van der Waals surface area contributed by atoms with E-state index in [1.807, 2.05) is 68.4 Å². The van der Waals surface area contributed by atoms with Gasteiger partial charge in [0.15, 0.2) is 0 Å². The molecule has 0 aromatic heterocycles. The van der Waals surface area contributed by atoms with Crippen molar-refractivity contribution < 1.29 is 9.53 Å². The van der Waals surface area contributed by atoms with Gasteiger partial charge in [-0.3, -0.25) is 4.79 Å². The minimum absolute atomic E-state index is 0.0709. The molecule has 2 aromatic rings. The predicted octanol–water partition coefficient (Wildman–Crippen LogP) is 4.15. The first kappa shape index (κ1) is 18.0. The standard InChI is InChI=1S/C20H26N2O2/c1-4-15(2)24-19-12-8-11-18(13-19)22-20(23)14-21-16(3)17-9-6-5-7-10-17/h5-13,15-16,21H,4,14H2,1-3H3,(H,22,23). The topological polar surface area (TPSA) is 50.4 Å². The molecule has 0 aliphatic rings. The fraction of sp³-hybridized carbons (Fsp3) is 0.350. The molecule has 0 radical (unpaired) electrons. The number of carbonyl (C=O) groups excluding carboxylic acids is 1. The number of carbonyl (C=O) groups is 1. The van der Waals surface area contributed by atoms with E-state index < -0.39 is 0 Å².